The van der Waals surface area contributed by atoms with Gasteiger partial charge in [0.25, 0.3) is 0 Å². The summed E-state index contributed by atoms with van der Waals surface area (Å²) >= 11 is 0. The van der Waals surface area contributed by atoms with Gasteiger partial charge in [-0.15, -0.1) is 0 Å². The van der Waals surface area contributed by atoms with Crippen molar-refractivity contribution in [3.05, 3.63) is 23.8 Å². The molecule has 96 valence electrons. The van der Waals surface area contributed by atoms with Crippen LogP contribution in [-0.4, -0.2) is 22.6 Å². The lowest BCUT2D eigenvalue weighted by molar-refractivity contribution is 0.473. The van der Waals surface area contributed by atoms with Crippen LogP contribution in [0.4, 0.5) is 0 Å². The first-order valence-corrected chi connectivity index (χ1v) is 6.61. The predicted molar refractivity (Wildman–Crippen MR) is 72.3 cm³/mol. The van der Waals surface area contributed by atoms with Crippen molar-refractivity contribution < 1.29 is 0 Å². The quantitative estimate of drug-likeness (QED) is 0.823. The van der Waals surface area contributed by atoms with Crippen molar-refractivity contribution in [1.82, 2.24) is 15.3 Å². The van der Waals surface area contributed by atoms with Gasteiger partial charge < -0.3 is 5.32 Å². The Morgan fingerprint density at radius 1 is 1.12 bits per heavy atom. The Labute approximate surface area is 105 Å². The van der Waals surface area contributed by atoms with Gasteiger partial charge in [-0.3, -0.25) is 0 Å². The lowest BCUT2D eigenvalue weighted by Crippen LogP contribution is -2.31. The summed E-state index contributed by atoms with van der Waals surface area (Å²) in [5, 5.41) is 3.52. The second-order valence-corrected chi connectivity index (χ2v) is 5.05. The van der Waals surface area contributed by atoms with E-state index in [2.05, 4.69) is 56.0 Å². The van der Waals surface area contributed by atoms with Gasteiger partial charge in [-0.2, -0.15) is 0 Å². The Morgan fingerprint density at radius 2 is 1.76 bits per heavy atom. The summed E-state index contributed by atoms with van der Waals surface area (Å²) < 4.78 is 0. The summed E-state index contributed by atoms with van der Waals surface area (Å²) in [7, 11) is 0. The molecule has 0 saturated heterocycles. The van der Waals surface area contributed by atoms with Crippen LogP contribution in [0.2, 0.25) is 0 Å². The first-order valence-electron chi connectivity index (χ1n) is 6.61. The van der Waals surface area contributed by atoms with Crippen LogP contribution < -0.4 is 5.32 Å². The maximum atomic E-state index is 4.40. The molecule has 1 heterocycles. The minimum atomic E-state index is 0.419. The smallest absolute Gasteiger partial charge is 0.115 e. The highest BCUT2D eigenvalue weighted by molar-refractivity contribution is 5.16. The molecule has 1 aromatic heterocycles. The van der Waals surface area contributed by atoms with Crippen LogP contribution in [-0.2, 0) is 0 Å². The molecule has 0 amide bonds. The largest absolute Gasteiger partial charge is 0.314 e. The van der Waals surface area contributed by atoms with Crippen LogP contribution >= 0.6 is 0 Å². The van der Waals surface area contributed by atoms with Crippen molar-refractivity contribution in [3.63, 3.8) is 0 Å². The van der Waals surface area contributed by atoms with Gasteiger partial charge in [0, 0.05) is 23.3 Å². The average molecular weight is 235 g/mol. The van der Waals surface area contributed by atoms with E-state index in [1.807, 2.05) is 0 Å². The molecular formula is C14H25N3. The van der Waals surface area contributed by atoms with Crippen molar-refractivity contribution in [2.45, 2.75) is 58.9 Å². The third-order valence-electron chi connectivity index (χ3n) is 3.23. The Balaban J connectivity index is 2.74. The number of nitrogens with zero attached hydrogens (tertiary/aromatic N) is 2. The minimum Gasteiger partial charge on any atom is -0.314 e. The zero-order valence-corrected chi connectivity index (χ0v) is 11.7. The molecule has 0 aromatic carbocycles. The van der Waals surface area contributed by atoms with Crippen LogP contribution in [0.1, 0.15) is 64.3 Å². The van der Waals surface area contributed by atoms with Gasteiger partial charge >= 0.3 is 0 Å². The van der Waals surface area contributed by atoms with Crippen LogP contribution in [0.5, 0.6) is 0 Å². The second kappa shape index (κ2) is 6.70. The monoisotopic (exact) mass is 235 g/mol. The van der Waals surface area contributed by atoms with E-state index < -0.39 is 0 Å². The normalized spacial score (nSPS) is 14.9. The molecule has 0 fully saturated rings. The van der Waals surface area contributed by atoms with Gasteiger partial charge in [-0.25, -0.2) is 9.97 Å². The highest BCUT2D eigenvalue weighted by atomic mass is 14.9. The maximum absolute atomic E-state index is 4.40. The molecule has 0 radical (unpaired) electrons. The standard InChI is InChI=1S/C14H25N3/c1-6-7-15-12(5)11(4)14-8-13(10(2)3)16-9-17-14/h8-12,15H,6-7H2,1-5H3. The average Bonchev–Trinajstić information content (AvgIpc) is 2.35. The summed E-state index contributed by atoms with van der Waals surface area (Å²) in [5.74, 6) is 0.880. The zero-order valence-electron chi connectivity index (χ0n) is 11.7. The van der Waals surface area contributed by atoms with Crippen LogP contribution in [0.15, 0.2) is 12.4 Å². The van der Waals surface area contributed by atoms with Crippen molar-refractivity contribution >= 4 is 0 Å². The summed E-state index contributed by atoms with van der Waals surface area (Å²) in [6, 6.07) is 2.59. The third-order valence-corrected chi connectivity index (χ3v) is 3.23. The van der Waals surface area contributed by atoms with Gasteiger partial charge in [0.1, 0.15) is 6.33 Å². The summed E-state index contributed by atoms with van der Waals surface area (Å²) in [6.07, 6.45) is 2.85. The number of nitrogens with one attached hydrogen (secondary N) is 1. The molecule has 1 N–H and O–H groups in total. The summed E-state index contributed by atoms with van der Waals surface area (Å²) in [4.78, 5) is 8.71. The highest BCUT2D eigenvalue weighted by Gasteiger charge is 2.16. The van der Waals surface area contributed by atoms with E-state index >= 15 is 0 Å². The van der Waals surface area contributed by atoms with E-state index in [0.29, 0.717) is 17.9 Å². The van der Waals surface area contributed by atoms with Crippen LogP contribution in [0.3, 0.4) is 0 Å². The molecule has 17 heavy (non-hydrogen) atoms. The Hall–Kier alpha value is -0.960. The van der Waals surface area contributed by atoms with Gasteiger partial charge in [0.05, 0.1) is 0 Å². The molecule has 0 aliphatic rings. The maximum Gasteiger partial charge on any atom is 0.115 e. The minimum absolute atomic E-state index is 0.419. The molecule has 0 aliphatic carbocycles. The molecule has 3 nitrogen and oxygen atoms in total. The van der Waals surface area contributed by atoms with Crippen molar-refractivity contribution in [1.29, 1.82) is 0 Å². The molecule has 2 atom stereocenters. The Kier molecular flexibility index (Phi) is 5.56. The summed E-state index contributed by atoms with van der Waals surface area (Å²) in [6.45, 7) is 12.0. The number of hydrogen-bond acceptors (Lipinski definition) is 3. The topological polar surface area (TPSA) is 37.8 Å². The predicted octanol–water partition coefficient (Wildman–Crippen LogP) is 3.09. The highest BCUT2D eigenvalue weighted by Crippen LogP contribution is 2.19. The first-order chi connectivity index (χ1) is 8.06. The Morgan fingerprint density at radius 3 is 2.35 bits per heavy atom. The second-order valence-electron chi connectivity index (χ2n) is 5.05. The number of aromatic nitrogens is 2. The first kappa shape index (κ1) is 14.1. The fourth-order valence-corrected chi connectivity index (χ4v) is 1.76. The molecule has 1 aromatic rings. The number of rotatable bonds is 6. The Bertz CT molecular complexity index is 336. The molecule has 0 spiro atoms. The van der Waals surface area contributed by atoms with Gasteiger partial charge in [-0.1, -0.05) is 27.7 Å². The van der Waals surface area contributed by atoms with E-state index in [9.17, 15) is 0 Å². The van der Waals surface area contributed by atoms with E-state index in [1.165, 1.54) is 0 Å². The van der Waals surface area contributed by atoms with Gasteiger partial charge in [0.15, 0.2) is 0 Å². The third kappa shape index (κ3) is 4.08. The molecule has 0 saturated carbocycles. The van der Waals surface area contributed by atoms with Crippen molar-refractivity contribution in [2.75, 3.05) is 6.54 Å². The lowest BCUT2D eigenvalue weighted by Gasteiger charge is -2.21. The SMILES string of the molecule is CCCNC(C)C(C)c1cc(C(C)C)ncn1. The van der Waals surface area contributed by atoms with Crippen LogP contribution in [0, 0.1) is 0 Å². The van der Waals surface area contributed by atoms with E-state index in [0.717, 1.165) is 24.4 Å². The number of hydrogen-bond donors (Lipinski definition) is 1. The molecular weight excluding hydrogens is 210 g/mol. The molecule has 1 rings (SSSR count). The van der Waals surface area contributed by atoms with E-state index in [4.69, 9.17) is 0 Å². The molecule has 3 heteroatoms. The summed E-state index contributed by atoms with van der Waals surface area (Å²) in [5.41, 5.74) is 2.27. The van der Waals surface area contributed by atoms with Gasteiger partial charge in [-0.05, 0) is 31.9 Å². The molecule has 0 aliphatic heterocycles. The van der Waals surface area contributed by atoms with E-state index in [1.54, 1.807) is 6.33 Å². The van der Waals surface area contributed by atoms with E-state index in [-0.39, 0.29) is 0 Å². The fourth-order valence-electron chi connectivity index (χ4n) is 1.76. The molecule has 2 unspecified atom stereocenters. The lowest BCUT2D eigenvalue weighted by atomic mass is 9.97. The zero-order chi connectivity index (χ0) is 12.8. The van der Waals surface area contributed by atoms with Crippen molar-refractivity contribution in [2.24, 2.45) is 0 Å². The van der Waals surface area contributed by atoms with Gasteiger partial charge in [0.2, 0.25) is 0 Å². The molecule has 0 bridgehead atoms. The fraction of sp³-hybridized carbons (Fsp3) is 0.714. The van der Waals surface area contributed by atoms with Crippen molar-refractivity contribution in [3.8, 4) is 0 Å². The van der Waals surface area contributed by atoms with Crippen LogP contribution in [0.25, 0.3) is 0 Å².